The Kier molecular flexibility index (Phi) is 3.15. The van der Waals surface area contributed by atoms with Gasteiger partial charge in [0.2, 0.25) is 0 Å². The highest BCUT2D eigenvalue weighted by Gasteiger charge is 2.26. The molecule has 1 aliphatic rings. The number of hydrogen-bond donors (Lipinski definition) is 1. The predicted molar refractivity (Wildman–Crippen MR) is 65.3 cm³/mol. The second kappa shape index (κ2) is 4.42. The van der Waals surface area contributed by atoms with E-state index < -0.39 is 0 Å². The Morgan fingerprint density at radius 2 is 2.19 bits per heavy atom. The lowest BCUT2D eigenvalue weighted by atomic mass is 10.1. The summed E-state index contributed by atoms with van der Waals surface area (Å²) < 4.78 is 13.6. The first-order valence-electron chi connectivity index (χ1n) is 5.79. The van der Waals surface area contributed by atoms with Gasteiger partial charge in [-0.3, -0.25) is 0 Å². The fraction of sp³-hybridized carbons (Fsp3) is 0.538. The van der Waals surface area contributed by atoms with Gasteiger partial charge in [-0.15, -0.1) is 0 Å². The fourth-order valence-corrected chi connectivity index (χ4v) is 2.26. The maximum absolute atomic E-state index is 13.6. The molecule has 1 saturated heterocycles. The van der Waals surface area contributed by atoms with Crippen molar-refractivity contribution in [1.82, 2.24) is 4.90 Å². The van der Waals surface area contributed by atoms with Gasteiger partial charge in [-0.1, -0.05) is 6.07 Å². The van der Waals surface area contributed by atoms with Crippen LogP contribution in [-0.4, -0.2) is 30.6 Å². The first-order chi connectivity index (χ1) is 7.56. The molecule has 2 rings (SSSR count). The summed E-state index contributed by atoms with van der Waals surface area (Å²) in [4.78, 5) is 2.30. The zero-order valence-corrected chi connectivity index (χ0v) is 10.1. The molecule has 0 aliphatic carbocycles. The Hall–Kier alpha value is -1.09. The topological polar surface area (TPSA) is 15.3 Å². The molecule has 2 atom stereocenters. The second-order valence-corrected chi connectivity index (χ2v) is 4.85. The highest BCUT2D eigenvalue weighted by molar-refractivity contribution is 5.47. The van der Waals surface area contributed by atoms with Crippen molar-refractivity contribution in [2.75, 3.05) is 18.9 Å². The van der Waals surface area contributed by atoms with Crippen LogP contribution in [0.5, 0.6) is 0 Å². The Balaban J connectivity index is 2.05. The van der Waals surface area contributed by atoms with E-state index in [0.29, 0.717) is 17.8 Å². The van der Waals surface area contributed by atoms with E-state index in [1.807, 2.05) is 19.1 Å². The summed E-state index contributed by atoms with van der Waals surface area (Å²) in [5, 5.41) is 3.28. The average Bonchev–Trinajstić information content (AvgIpc) is 2.51. The normalized spacial score (nSPS) is 26.0. The maximum atomic E-state index is 13.6. The highest BCUT2D eigenvalue weighted by Crippen LogP contribution is 2.22. The summed E-state index contributed by atoms with van der Waals surface area (Å²) in [7, 11) is 2.11. The van der Waals surface area contributed by atoms with Gasteiger partial charge in [-0.25, -0.2) is 4.39 Å². The monoisotopic (exact) mass is 222 g/mol. The number of rotatable bonds is 2. The summed E-state index contributed by atoms with van der Waals surface area (Å²) in [5.74, 6) is -0.151. The molecule has 0 amide bonds. The van der Waals surface area contributed by atoms with Crippen LogP contribution >= 0.6 is 0 Å². The molecule has 0 aromatic heterocycles. The van der Waals surface area contributed by atoms with Crippen LogP contribution < -0.4 is 5.32 Å². The van der Waals surface area contributed by atoms with Gasteiger partial charge < -0.3 is 10.2 Å². The van der Waals surface area contributed by atoms with Crippen LogP contribution in [0.25, 0.3) is 0 Å². The van der Waals surface area contributed by atoms with Gasteiger partial charge in [-0.2, -0.15) is 0 Å². The van der Waals surface area contributed by atoms with Gasteiger partial charge in [0.25, 0.3) is 0 Å². The molecule has 0 saturated carbocycles. The number of likely N-dealkylation sites (N-methyl/N-ethyl adjacent to an activating group) is 1. The fourth-order valence-electron chi connectivity index (χ4n) is 2.26. The largest absolute Gasteiger partial charge is 0.379 e. The third-order valence-electron chi connectivity index (χ3n) is 3.37. The van der Waals surface area contributed by atoms with Gasteiger partial charge in [0.15, 0.2) is 0 Å². The molecule has 0 radical (unpaired) electrons. The lowest BCUT2D eigenvalue weighted by Crippen LogP contribution is -2.25. The number of nitrogens with one attached hydrogen (secondary N) is 1. The van der Waals surface area contributed by atoms with Crippen molar-refractivity contribution in [3.8, 4) is 0 Å². The van der Waals surface area contributed by atoms with Gasteiger partial charge >= 0.3 is 0 Å². The molecule has 3 heteroatoms. The van der Waals surface area contributed by atoms with Gasteiger partial charge in [0.05, 0.1) is 5.69 Å². The molecule has 16 heavy (non-hydrogen) atoms. The molecular formula is C13H19FN2. The maximum Gasteiger partial charge on any atom is 0.146 e. The number of benzene rings is 1. The molecule has 2 unspecified atom stereocenters. The van der Waals surface area contributed by atoms with E-state index in [1.54, 1.807) is 6.07 Å². The molecule has 1 aliphatic heterocycles. The van der Waals surface area contributed by atoms with E-state index in [1.165, 1.54) is 0 Å². The van der Waals surface area contributed by atoms with E-state index >= 15 is 0 Å². The van der Waals surface area contributed by atoms with Gasteiger partial charge in [0, 0.05) is 18.6 Å². The first-order valence-corrected chi connectivity index (χ1v) is 5.79. The summed E-state index contributed by atoms with van der Waals surface area (Å²) >= 11 is 0. The van der Waals surface area contributed by atoms with Crippen LogP contribution in [-0.2, 0) is 0 Å². The standard InChI is InChI=1S/C13H19FN2/c1-9-4-5-13(12(14)6-9)15-11-7-10(2)16(3)8-11/h4-6,10-11,15H,7-8H2,1-3H3. The summed E-state index contributed by atoms with van der Waals surface area (Å²) in [6, 6.07) is 6.27. The molecule has 2 nitrogen and oxygen atoms in total. The third-order valence-corrected chi connectivity index (χ3v) is 3.37. The summed E-state index contributed by atoms with van der Waals surface area (Å²) in [5.41, 5.74) is 1.58. The second-order valence-electron chi connectivity index (χ2n) is 4.85. The van der Waals surface area contributed by atoms with E-state index in [-0.39, 0.29) is 5.82 Å². The lowest BCUT2D eigenvalue weighted by molar-refractivity contribution is 0.330. The minimum absolute atomic E-state index is 0.151. The predicted octanol–water partition coefficient (Wildman–Crippen LogP) is 2.64. The van der Waals surface area contributed by atoms with E-state index in [4.69, 9.17) is 0 Å². The molecule has 1 aromatic rings. The van der Waals surface area contributed by atoms with Crippen molar-refractivity contribution in [3.05, 3.63) is 29.6 Å². The SMILES string of the molecule is Cc1ccc(NC2CC(C)N(C)C2)c(F)c1. The lowest BCUT2D eigenvalue weighted by Gasteiger charge is -2.15. The molecule has 0 spiro atoms. The molecule has 0 bridgehead atoms. The van der Waals surface area contributed by atoms with Crippen LogP contribution in [0.1, 0.15) is 18.9 Å². The van der Waals surface area contributed by atoms with Crippen LogP contribution in [0.2, 0.25) is 0 Å². The minimum atomic E-state index is -0.151. The van der Waals surface area contributed by atoms with E-state index in [9.17, 15) is 4.39 Å². The van der Waals surface area contributed by atoms with Crippen LogP contribution in [0.3, 0.4) is 0 Å². The van der Waals surface area contributed by atoms with E-state index in [0.717, 1.165) is 18.5 Å². The zero-order valence-electron chi connectivity index (χ0n) is 10.1. The van der Waals surface area contributed by atoms with Crippen molar-refractivity contribution in [2.45, 2.75) is 32.4 Å². The minimum Gasteiger partial charge on any atom is -0.379 e. The van der Waals surface area contributed by atoms with Crippen LogP contribution in [0, 0.1) is 12.7 Å². The summed E-state index contributed by atoms with van der Waals surface area (Å²) in [6.45, 7) is 5.08. The Bertz CT molecular complexity index is 368. The number of aryl methyl sites for hydroxylation is 1. The molecule has 1 N–H and O–H groups in total. The Morgan fingerprint density at radius 1 is 1.44 bits per heavy atom. The number of likely N-dealkylation sites (tertiary alicyclic amines) is 1. The van der Waals surface area contributed by atoms with E-state index in [2.05, 4.69) is 24.2 Å². The Morgan fingerprint density at radius 3 is 2.75 bits per heavy atom. The molecule has 1 aromatic carbocycles. The zero-order chi connectivity index (χ0) is 11.7. The van der Waals surface area contributed by atoms with Gasteiger partial charge in [0.1, 0.15) is 5.82 Å². The molecule has 1 heterocycles. The van der Waals surface area contributed by atoms with Crippen LogP contribution in [0.15, 0.2) is 18.2 Å². The molecule has 1 fully saturated rings. The molecule has 88 valence electrons. The quantitative estimate of drug-likeness (QED) is 0.827. The average molecular weight is 222 g/mol. The van der Waals surface area contributed by atoms with Crippen molar-refractivity contribution in [2.24, 2.45) is 0 Å². The Labute approximate surface area is 96.5 Å². The number of nitrogens with zero attached hydrogens (tertiary/aromatic N) is 1. The van der Waals surface area contributed by atoms with Gasteiger partial charge in [-0.05, 0) is 45.0 Å². The first kappa shape index (κ1) is 11.4. The number of anilines is 1. The van der Waals surface area contributed by atoms with Crippen LogP contribution in [0.4, 0.5) is 10.1 Å². The smallest absolute Gasteiger partial charge is 0.146 e. The molecular weight excluding hydrogens is 203 g/mol. The highest BCUT2D eigenvalue weighted by atomic mass is 19.1. The van der Waals surface area contributed by atoms with Crippen molar-refractivity contribution < 1.29 is 4.39 Å². The van der Waals surface area contributed by atoms with Crippen molar-refractivity contribution >= 4 is 5.69 Å². The number of halogens is 1. The number of hydrogen-bond acceptors (Lipinski definition) is 2. The van der Waals surface area contributed by atoms with Crippen molar-refractivity contribution in [3.63, 3.8) is 0 Å². The summed E-state index contributed by atoms with van der Waals surface area (Å²) in [6.07, 6.45) is 1.07. The van der Waals surface area contributed by atoms with Crippen molar-refractivity contribution in [1.29, 1.82) is 0 Å². The third kappa shape index (κ3) is 2.35.